The van der Waals surface area contributed by atoms with Crippen LogP contribution < -0.4 is 4.74 Å². The second kappa shape index (κ2) is 3.25. The van der Waals surface area contributed by atoms with Gasteiger partial charge in [-0.15, -0.1) is 0 Å². The molecule has 1 aromatic carbocycles. The van der Waals surface area contributed by atoms with E-state index in [1.807, 2.05) is 26.0 Å². The van der Waals surface area contributed by atoms with E-state index in [1.165, 1.54) is 0 Å². The summed E-state index contributed by atoms with van der Waals surface area (Å²) in [5, 5.41) is 0. The molecule has 0 fully saturated rings. The summed E-state index contributed by atoms with van der Waals surface area (Å²) in [5.41, 5.74) is 1.03. The lowest BCUT2D eigenvalue weighted by atomic mass is 10.2. The second-order valence-corrected chi connectivity index (χ2v) is 2.12. The van der Waals surface area contributed by atoms with Crippen LogP contribution in [0.5, 0.6) is 5.75 Å². The summed E-state index contributed by atoms with van der Waals surface area (Å²) < 4.78 is 12.8. The first-order valence-corrected chi connectivity index (χ1v) is 3.44. The normalized spacial score (nSPS) is 10.8. The standard InChI is InChI=1S/C9H12O/c1-3-10-9-7-5-4-6-8(9)2/h4-7H,3H2,1-2H3/i7T. The van der Waals surface area contributed by atoms with E-state index in [9.17, 15) is 0 Å². The fraction of sp³-hybridized carbons (Fsp3) is 0.333. The smallest absolute Gasteiger partial charge is 0.122 e. The molecular formula is C9H12O. The average molecular weight is 138 g/mol. The Balaban J connectivity index is 3.00. The Bertz CT molecular complexity index is 225. The molecule has 1 heteroatoms. The summed E-state index contributed by atoms with van der Waals surface area (Å²) in [6, 6.07) is 6.01. The molecule has 1 aromatic rings. The number of para-hydroxylation sites is 1. The van der Waals surface area contributed by atoms with E-state index in [2.05, 4.69) is 0 Å². The molecule has 0 aliphatic heterocycles. The highest BCUT2D eigenvalue weighted by Gasteiger charge is 1.93. The highest BCUT2D eigenvalue weighted by Crippen LogP contribution is 2.15. The van der Waals surface area contributed by atoms with Crippen LogP contribution in [0.2, 0.25) is 0 Å². The minimum absolute atomic E-state index is 0.465. The minimum atomic E-state index is 0.465. The van der Waals surface area contributed by atoms with Gasteiger partial charge in [0.15, 0.2) is 0 Å². The van der Waals surface area contributed by atoms with Crippen molar-refractivity contribution in [2.45, 2.75) is 13.8 Å². The zero-order chi connectivity index (χ0) is 8.27. The summed E-state index contributed by atoms with van der Waals surface area (Å²) in [5.74, 6) is 0.704. The number of rotatable bonds is 2. The molecule has 0 aliphatic carbocycles. The third kappa shape index (κ3) is 1.50. The SMILES string of the molecule is [3H]c1cccc(C)c1OCC. The van der Waals surface area contributed by atoms with Crippen molar-refractivity contribution in [2.75, 3.05) is 6.61 Å². The van der Waals surface area contributed by atoms with Gasteiger partial charge in [-0.3, -0.25) is 0 Å². The summed E-state index contributed by atoms with van der Waals surface area (Å²) in [7, 11) is 0. The lowest BCUT2D eigenvalue weighted by Crippen LogP contribution is -1.92. The molecule has 0 atom stereocenters. The molecule has 0 bridgehead atoms. The van der Waals surface area contributed by atoms with Crippen molar-refractivity contribution in [3.8, 4) is 5.75 Å². The lowest BCUT2D eigenvalue weighted by molar-refractivity contribution is 0.338. The van der Waals surface area contributed by atoms with Crippen LogP contribution >= 0.6 is 0 Å². The van der Waals surface area contributed by atoms with Gasteiger partial charge < -0.3 is 4.74 Å². The van der Waals surface area contributed by atoms with Gasteiger partial charge in [0.2, 0.25) is 0 Å². The van der Waals surface area contributed by atoms with Crippen LogP contribution in [-0.2, 0) is 0 Å². The van der Waals surface area contributed by atoms with Gasteiger partial charge in [-0.1, -0.05) is 18.2 Å². The molecule has 0 saturated heterocycles. The molecule has 0 aromatic heterocycles. The van der Waals surface area contributed by atoms with Crippen LogP contribution in [0.25, 0.3) is 0 Å². The Hall–Kier alpha value is -0.980. The molecule has 0 amide bonds. The summed E-state index contributed by atoms with van der Waals surface area (Å²) in [4.78, 5) is 0. The van der Waals surface area contributed by atoms with Crippen molar-refractivity contribution in [3.63, 3.8) is 0 Å². The van der Waals surface area contributed by atoms with Crippen molar-refractivity contribution in [1.29, 1.82) is 0 Å². The van der Waals surface area contributed by atoms with Gasteiger partial charge in [-0.2, -0.15) is 0 Å². The first-order chi connectivity index (χ1) is 5.25. The highest BCUT2D eigenvalue weighted by molar-refractivity contribution is 5.31. The molecule has 0 spiro atoms. The van der Waals surface area contributed by atoms with Crippen molar-refractivity contribution >= 4 is 0 Å². The monoisotopic (exact) mass is 138 g/mol. The fourth-order valence-corrected chi connectivity index (χ4v) is 0.806. The molecule has 0 unspecified atom stereocenters. The number of aryl methyl sites for hydroxylation is 1. The molecule has 1 rings (SSSR count). The Morgan fingerprint density at radius 3 is 3.00 bits per heavy atom. The largest absolute Gasteiger partial charge is 0.494 e. The van der Waals surface area contributed by atoms with Crippen molar-refractivity contribution in [2.24, 2.45) is 0 Å². The number of ether oxygens (including phenoxy) is 1. The molecule has 54 valence electrons. The fourth-order valence-electron chi connectivity index (χ4n) is 0.806. The third-order valence-electron chi connectivity index (χ3n) is 1.30. The van der Waals surface area contributed by atoms with Gasteiger partial charge in [0.1, 0.15) is 5.75 Å². The van der Waals surface area contributed by atoms with E-state index in [4.69, 9.17) is 6.11 Å². The maximum absolute atomic E-state index is 7.49. The zero-order valence-electron chi connectivity index (χ0n) is 7.35. The Labute approximate surface area is 63.0 Å². The average Bonchev–Trinajstić information content (AvgIpc) is 1.97. The van der Waals surface area contributed by atoms with Crippen LogP contribution in [0.3, 0.4) is 0 Å². The van der Waals surface area contributed by atoms with E-state index in [0.717, 1.165) is 5.56 Å². The maximum Gasteiger partial charge on any atom is 0.122 e. The van der Waals surface area contributed by atoms with E-state index in [1.54, 1.807) is 6.07 Å². The number of hydrogen-bond donors (Lipinski definition) is 0. The van der Waals surface area contributed by atoms with Gasteiger partial charge in [0, 0.05) is 0 Å². The van der Waals surface area contributed by atoms with Crippen LogP contribution in [0, 0.1) is 6.92 Å². The zero-order valence-corrected chi connectivity index (χ0v) is 6.35. The van der Waals surface area contributed by atoms with Gasteiger partial charge in [0.25, 0.3) is 0 Å². The lowest BCUT2D eigenvalue weighted by Gasteiger charge is -2.04. The van der Waals surface area contributed by atoms with Crippen molar-refractivity contribution in [1.82, 2.24) is 0 Å². The predicted molar refractivity (Wildman–Crippen MR) is 42.3 cm³/mol. The van der Waals surface area contributed by atoms with Gasteiger partial charge >= 0.3 is 0 Å². The first-order valence-electron chi connectivity index (χ1n) is 3.94. The third-order valence-corrected chi connectivity index (χ3v) is 1.30. The molecule has 0 aliphatic rings. The molecule has 0 saturated carbocycles. The quantitative estimate of drug-likeness (QED) is 0.609. The summed E-state index contributed by atoms with van der Waals surface area (Å²) >= 11 is 0. The maximum atomic E-state index is 7.49. The Kier molecular flexibility index (Phi) is 1.88. The number of hydrogen-bond acceptors (Lipinski definition) is 1. The molecule has 0 heterocycles. The topological polar surface area (TPSA) is 9.23 Å². The second-order valence-electron chi connectivity index (χ2n) is 2.12. The van der Waals surface area contributed by atoms with Crippen molar-refractivity contribution < 1.29 is 6.11 Å². The summed E-state index contributed by atoms with van der Waals surface area (Å²) in [6.07, 6.45) is 0. The molecule has 0 N–H and O–H groups in total. The van der Waals surface area contributed by atoms with Crippen LogP contribution in [0.15, 0.2) is 24.2 Å². The Morgan fingerprint density at radius 2 is 2.40 bits per heavy atom. The molecule has 0 radical (unpaired) electrons. The first kappa shape index (κ1) is 5.78. The van der Waals surface area contributed by atoms with Crippen LogP contribution in [0.1, 0.15) is 13.9 Å². The van der Waals surface area contributed by atoms with E-state index >= 15 is 0 Å². The molecule has 1 nitrogen and oxygen atoms in total. The van der Waals surface area contributed by atoms with Crippen molar-refractivity contribution in [3.05, 3.63) is 29.8 Å². The summed E-state index contributed by atoms with van der Waals surface area (Å²) in [6.45, 7) is 4.49. The Morgan fingerprint density at radius 1 is 1.60 bits per heavy atom. The van der Waals surface area contributed by atoms with E-state index in [0.29, 0.717) is 18.4 Å². The van der Waals surface area contributed by atoms with E-state index in [-0.39, 0.29) is 0 Å². The van der Waals surface area contributed by atoms with Gasteiger partial charge in [-0.25, -0.2) is 0 Å². The molecule has 10 heavy (non-hydrogen) atoms. The highest BCUT2D eigenvalue weighted by atomic mass is 16.5. The van der Waals surface area contributed by atoms with Gasteiger partial charge in [-0.05, 0) is 25.5 Å². The van der Waals surface area contributed by atoms with Crippen LogP contribution in [-0.4, -0.2) is 6.61 Å². The van der Waals surface area contributed by atoms with Crippen LogP contribution in [0.4, 0.5) is 0 Å². The van der Waals surface area contributed by atoms with Gasteiger partial charge in [0.05, 0.1) is 7.98 Å². The minimum Gasteiger partial charge on any atom is -0.494 e. The predicted octanol–water partition coefficient (Wildman–Crippen LogP) is 2.39. The van der Waals surface area contributed by atoms with E-state index < -0.39 is 0 Å². The molecular weight excluding hydrogens is 124 g/mol. The number of benzene rings is 1.